The van der Waals surface area contributed by atoms with Crippen molar-refractivity contribution in [2.24, 2.45) is 23.7 Å². The molecule has 0 aromatic carbocycles. The molecule has 2 saturated carbocycles. The van der Waals surface area contributed by atoms with Crippen molar-refractivity contribution in [3.05, 3.63) is 0 Å². The number of fused-ring (bicyclic) bond motifs is 4. The smallest absolute Gasteiger partial charge is 0.233 e. The van der Waals surface area contributed by atoms with Crippen molar-refractivity contribution >= 4 is 23.4 Å². The number of Topliss-reactive ketones (excluding diaryl/α,β-unsaturated/α-hetero) is 2. The van der Waals surface area contributed by atoms with Crippen LogP contribution in [0.25, 0.3) is 0 Å². The number of likely N-dealkylation sites (tertiary alicyclic amines) is 1. The van der Waals surface area contributed by atoms with E-state index in [1.165, 1.54) is 4.90 Å². The molecule has 0 aromatic rings. The topological polar surface area (TPSA) is 71.5 Å². The Hall–Kier alpha value is -1.52. The second-order valence-electron chi connectivity index (χ2n) is 7.21. The van der Waals surface area contributed by atoms with Gasteiger partial charge in [-0.3, -0.25) is 24.1 Å². The number of carbonyl (C=O) groups excluding carboxylic acids is 4. The SMILES string of the molecule is CC(C)(C)N1C(=O)CC2C3C(=O)CC(=O)CC3C2C1=O. The quantitative estimate of drug-likeness (QED) is 0.488. The first-order chi connectivity index (χ1) is 9.21. The van der Waals surface area contributed by atoms with Gasteiger partial charge in [0.05, 0.1) is 6.42 Å². The molecule has 0 spiro atoms. The molecule has 0 N–H and O–H groups in total. The maximum absolute atomic E-state index is 12.6. The highest BCUT2D eigenvalue weighted by Gasteiger charge is 2.63. The summed E-state index contributed by atoms with van der Waals surface area (Å²) in [5.41, 5.74) is -0.549. The van der Waals surface area contributed by atoms with Crippen molar-refractivity contribution in [3.63, 3.8) is 0 Å². The van der Waals surface area contributed by atoms with Crippen LogP contribution in [-0.2, 0) is 19.2 Å². The van der Waals surface area contributed by atoms with Gasteiger partial charge in [0.2, 0.25) is 11.8 Å². The highest BCUT2D eigenvalue weighted by Crippen LogP contribution is 2.56. The summed E-state index contributed by atoms with van der Waals surface area (Å²) in [5, 5.41) is 0. The number of piperidine rings is 1. The Kier molecular flexibility index (Phi) is 2.69. The minimum absolute atomic E-state index is 0.0181. The molecule has 5 nitrogen and oxygen atoms in total. The van der Waals surface area contributed by atoms with Gasteiger partial charge in [0.1, 0.15) is 11.6 Å². The average molecular weight is 277 g/mol. The summed E-state index contributed by atoms with van der Waals surface area (Å²) in [6.07, 6.45) is 0.556. The van der Waals surface area contributed by atoms with E-state index in [4.69, 9.17) is 0 Å². The van der Waals surface area contributed by atoms with Gasteiger partial charge in [-0.25, -0.2) is 0 Å². The van der Waals surface area contributed by atoms with E-state index in [1.807, 2.05) is 20.8 Å². The lowest BCUT2D eigenvalue weighted by molar-refractivity contribution is -0.181. The van der Waals surface area contributed by atoms with E-state index in [9.17, 15) is 19.2 Å². The molecular weight excluding hydrogens is 258 g/mol. The predicted octanol–water partition coefficient (Wildman–Crippen LogP) is 0.954. The van der Waals surface area contributed by atoms with E-state index in [0.29, 0.717) is 6.42 Å². The molecule has 4 unspecified atom stereocenters. The second kappa shape index (κ2) is 3.99. The normalized spacial score (nSPS) is 37.5. The first-order valence-electron chi connectivity index (χ1n) is 7.13. The third kappa shape index (κ3) is 1.68. The van der Waals surface area contributed by atoms with Crippen LogP contribution in [0.3, 0.4) is 0 Å². The monoisotopic (exact) mass is 277 g/mol. The minimum atomic E-state index is -0.549. The van der Waals surface area contributed by atoms with Crippen molar-refractivity contribution < 1.29 is 19.2 Å². The Bertz CT molecular complexity index is 524. The van der Waals surface area contributed by atoms with E-state index in [0.717, 1.165) is 0 Å². The number of nitrogens with zero attached hydrogens (tertiary/aromatic N) is 1. The van der Waals surface area contributed by atoms with Crippen LogP contribution >= 0.6 is 0 Å². The molecule has 4 atom stereocenters. The Morgan fingerprint density at radius 3 is 2.15 bits per heavy atom. The third-order valence-electron chi connectivity index (χ3n) is 4.89. The van der Waals surface area contributed by atoms with Crippen LogP contribution in [-0.4, -0.2) is 33.8 Å². The van der Waals surface area contributed by atoms with Gasteiger partial charge < -0.3 is 0 Å². The molecule has 1 heterocycles. The number of amides is 2. The molecular formula is C15H19NO4. The number of ketones is 2. The van der Waals surface area contributed by atoms with E-state index in [1.54, 1.807) is 0 Å². The molecule has 20 heavy (non-hydrogen) atoms. The van der Waals surface area contributed by atoms with Crippen molar-refractivity contribution in [1.82, 2.24) is 4.90 Å². The van der Waals surface area contributed by atoms with Crippen LogP contribution in [0.1, 0.15) is 40.0 Å². The highest BCUT2D eigenvalue weighted by atomic mass is 16.2. The molecule has 0 aromatic heterocycles. The molecule has 2 amide bonds. The lowest BCUT2D eigenvalue weighted by Crippen LogP contribution is -2.67. The molecule has 2 aliphatic carbocycles. The van der Waals surface area contributed by atoms with Gasteiger partial charge in [-0.2, -0.15) is 0 Å². The summed E-state index contributed by atoms with van der Waals surface area (Å²) in [6, 6.07) is 0. The first kappa shape index (κ1) is 13.5. The van der Waals surface area contributed by atoms with Gasteiger partial charge in [0.25, 0.3) is 0 Å². The lowest BCUT2D eigenvalue weighted by Gasteiger charge is -2.57. The average Bonchev–Trinajstić information content (AvgIpc) is 2.22. The molecule has 0 radical (unpaired) electrons. The van der Waals surface area contributed by atoms with Gasteiger partial charge in [-0.15, -0.1) is 0 Å². The largest absolute Gasteiger partial charge is 0.299 e. The van der Waals surface area contributed by atoms with Gasteiger partial charge >= 0.3 is 0 Å². The van der Waals surface area contributed by atoms with E-state index >= 15 is 0 Å². The van der Waals surface area contributed by atoms with Crippen LogP contribution in [0.2, 0.25) is 0 Å². The van der Waals surface area contributed by atoms with E-state index < -0.39 is 5.54 Å². The summed E-state index contributed by atoms with van der Waals surface area (Å²) in [5.74, 6) is -1.41. The fourth-order valence-corrected chi connectivity index (χ4v) is 4.20. The third-order valence-corrected chi connectivity index (χ3v) is 4.89. The van der Waals surface area contributed by atoms with Crippen LogP contribution in [0.5, 0.6) is 0 Å². The summed E-state index contributed by atoms with van der Waals surface area (Å²) in [6.45, 7) is 5.49. The van der Waals surface area contributed by atoms with Crippen LogP contribution in [0.15, 0.2) is 0 Å². The second-order valence-corrected chi connectivity index (χ2v) is 7.21. The zero-order valence-corrected chi connectivity index (χ0v) is 12.0. The maximum atomic E-state index is 12.6. The molecule has 108 valence electrons. The zero-order chi connectivity index (χ0) is 14.8. The predicted molar refractivity (Wildman–Crippen MR) is 69.4 cm³/mol. The van der Waals surface area contributed by atoms with E-state index in [2.05, 4.69) is 0 Å². The van der Waals surface area contributed by atoms with Crippen molar-refractivity contribution in [2.75, 3.05) is 0 Å². The molecule has 0 bridgehead atoms. The van der Waals surface area contributed by atoms with Gasteiger partial charge in [0.15, 0.2) is 0 Å². The molecule has 3 aliphatic rings. The Morgan fingerprint density at radius 1 is 0.950 bits per heavy atom. The van der Waals surface area contributed by atoms with Crippen LogP contribution < -0.4 is 0 Å². The summed E-state index contributed by atoms with van der Waals surface area (Å²) in [7, 11) is 0. The van der Waals surface area contributed by atoms with Gasteiger partial charge in [-0.05, 0) is 32.6 Å². The first-order valence-corrected chi connectivity index (χ1v) is 7.13. The number of imide groups is 1. The number of hydrogen-bond acceptors (Lipinski definition) is 4. The van der Waals surface area contributed by atoms with Crippen LogP contribution in [0.4, 0.5) is 0 Å². The molecule has 5 heteroatoms. The molecule has 1 aliphatic heterocycles. The molecule has 1 saturated heterocycles. The fourth-order valence-electron chi connectivity index (χ4n) is 4.20. The summed E-state index contributed by atoms with van der Waals surface area (Å²) >= 11 is 0. The van der Waals surface area contributed by atoms with Gasteiger partial charge in [0, 0.05) is 30.2 Å². The molecule has 3 fully saturated rings. The standard InChI is InChI=1S/C15H19NO4/c1-15(2,3)16-11(19)6-9-12-8(13(9)14(16)20)4-7(17)5-10(12)18/h8-9,12-13H,4-6H2,1-3H3. The Morgan fingerprint density at radius 2 is 1.55 bits per heavy atom. The fraction of sp³-hybridized carbons (Fsp3) is 0.733. The summed E-state index contributed by atoms with van der Waals surface area (Å²) in [4.78, 5) is 49.7. The van der Waals surface area contributed by atoms with Crippen LogP contribution in [0, 0.1) is 23.7 Å². The zero-order valence-electron chi connectivity index (χ0n) is 12.0. The highest BCUT2D eigenvalue weighted by molar-refractivity contribution is 6.08. The Labute approximate surface area is 117 Å². The number of rotatable bonds is 0. The summed E-state index contributed by atoms with van der Waals surface area (Å²) < 4.78 is 0. The minimum Gasteiger partial charge on any atom is -0.299 e. The lowest BCUT2D eigenvalue weighted by atomic mass is 9.49. The number of hydrogen-bond donors (Lipinski definition) is 0. The number of carbonyl (C=O) groups is 4. The van der Waals surface area contributed by atoms with Crippen molar-refractivity contribution in [2.45, 2.75) is 45.6 Å². The van der Waals surface area contributed by atoms with Crippen molar-refractivity contribution in [3.8, 4) is 0 Å². The molecule has 3 rings (SSSR count). The van der Waals surface area contributed by atoms with Gasteiger partial charge in [-0.1, -0.05) is 0 Å². The van der Waals surface area contributed by atoms with E-state index in [-0.39, 0.29) is 59.9 Å². The maximum Gasteiger partial charge on any atom is 0.233 e. The Balaban J connectivity index is 1.91. The van der Waals surface area contributed by atoms with Crippen molar-refractivity contribution in [1.29, 1.82) is 0 Å².